The number of carbonyl (C=O) groups excluding carboxylic acids is 4. The maximum absolute atomic E-state index is 12.3. The fourth-order valence-electron chi connectivity index (χ4n) is 3.88. The van der Waals surface area contributed by atoms with Crippen LogP contribution in [0.2, 0.25) is 0 Å². The van der Waals surface area contributed by atoms with Gasteiger partial charge in [-0.25, -0.2) is 0 Å². The van der Waals surface area contributed by atoms with E-state index in [-0.39, 0.29) is 23.6 Å². The second-order valence-electron chi connectivity index (χ2n) is 9.39. The SMILES string of the molecule is CCCNC(=O)c1cccc(NC(=O)CCCCCCCCC(=O)Nc2cccc(C(=O)NCCC)c2)c1. The van der Waals surface area contributed by atoms with Crippen LogP contribution in [0, 0.1) is 0 Å². The van der Waals surface area contributed by atoms with Crippen molar-refractivity contribution in [2.45, 2.75) is 78.1 Å². The first-order chi connectivity index (χ1) is 18.4. The van der Waals surface area contributed by atoms with Gasteiger partial charge >= 0.3 is 0 Å². The maximum atomic E-state index is 12.3. The zero-order chi connectivity index (χ0) is 27.6. The molecule has 0 bridgehead atoms. The lowest BCUT2D eigenvalue weighted by atomic mass is 10.1. The van der Waals surface area contributed by atoms with Crippen molar-refractivity contribution in [2.24, 2.45) is 0 Å². The molecule has 4 amide bonds. The molecule has 0 aliphatic heterocycles. The lowest BCUT2D eigenvalue weighted by Crippen LogP contribution is -2.24. The van der Waals surface area contributed by atoms with Crippen molar-refractivity contribution < 1.29 is 19.2 Å². The number of hydrogen-bond acceptors (Lipinski definition) is 4. The Labute approximate surface area is 226 Å². The highest BCUT2D eigenvalue weighted by Crippen LogP contribution is 2.15. The first-order valence-corrected chi connectivity index (χ1v) is 13.8. The van der Waals surface area contributed by atoms with E-state index in [2.05, 4.69) is 21.3 Å². The number of hydrogen-bond donors (Lipinski definition) is 4. The maximum Gasteiger partial charge on any atom is 0.251 e. The summed E-state index contributed by atoms with van der Waals surface area (Å²) < 4.78 is 0. The number of rotatable bonds is 17. The van der Waals surface area contributed by atoms with Crippen LogP contribution >= 0.6 is 0 Å². The predicted molar refractivity (Wildman–Crippen MR) is 152 cm³/mol. The summed E-state index contributed by atoms with van der Waals surface area (Å²) in [4.78, 5) is 48.7. The molecule has 0 saturated heterocycles. The van der Waals surface area contributed by atoms with Crippen LogP contribution in [-0.2, 0) is 9.59 Å². The van der Waals surface area contributed by atoms with Crippen LogP contribution in [0.4, 0.5) is 11.4 Å². The summed E-state index contributed by atoms with van der Waals surface area (Å²) in [6.45, 7) is 5.24. The highest BCUT2D eigenvalue weighted by Gasteiger charge is 2.09. The summed E-state index contributed by atoms with van der Waals surface area (Å²) in [6, 6.07) is 14.0. The zero-order valence-electron chi connectivity index (χ0n) is 22.7. The molecule has 0 radical (unpaired) electrons. The number of carbonyl (C=O) groups is 4. The van der Waals surface area contributed by atoms with Crippen molar-refractivity contribution in [3.05, 3.63) is 59.7 Å². The van der Waals surface area contributed by atoms with E-state index in [0.717, 1.165) is 51.4 Å². The third-order valence-electron chi connectivity index (χ3n) is 5.95. The van der Waals surface area contributed by atoms with Crippen molar-refractivity contribution in [3.63, 3.8) is 0 Å². The van der Waals surface area contributed by atoms with Gasteiger partial charge in [0.05, 0.1) is 0 Å². The van der Waals surface area contributed by atoms with E-state index < -0.39 is 0 Å². The molecule has 4 N–H and O–H groups in total. The Bertz CT molecular complexity index is 971. The fourth-order valence-corrected chi connectivity index (χ4v) is 3.88. The van der Waals surface area contributed by atoms with Gasteiger partial charge < -0.3 is 21.3 Å². The van der Waals surface area contributed by atoms with Crippen LogP contribution in [0.1, 0.15) is 98.8 Å². The van der Waals surface area contributed by atoms with E-state index in [1.807, 2.05) is 13.8 Å². The van der Waals surface area contributed by atoms with Gasteiger partial charge in [-0.2, -0.15) is 0 Å². The molecular formula is C30H42N4O4. The van der Waals surface area contributed by atoms with Gasteiger partial charge in [0.15, 0.2) is 0 Å². The molecular weight excluding hydrogens is 480 g/mol. The number of anilines is 2. The Morgan fingerprint density at radius 2 is 0.974 bits per heavy atom. The van der Waals surface area contributed by atoms with Crippen LogP contribution in [0.3, 0.4) is 0 Å². The molecule has 0 saturated carbocycles. The molecule has 2 rings (SSSR count). The summed E-state index contributed by atoms with van der Waals surface area (Å²) in [6.07, 6.45) is 8.12. The standard InChI is InChI=1S/C30H42N4O4/c1-3-19-31-29(37)23-13-11-15-25(21-23)33-27(35)17-9-7-5-6-8-10-18-28(36)34-26-16-12-14-24(22-26)30(38)32-20-4-2/h11-16,21-22H,3-10,17-20H2,1-2H3,(H,31,37)(H,32,38)(H,33,35)(H,34,36). The number of benzene rings is 2. The molecule has 0 aliphatic carbocycles. The molecule has 0 aromatic heterocycles. The summed E-state index contributed by atoms with van der Waals surface area (Å²) >= 11 is 0. The van der Waals surface area contributed by atoms with Gasteiger partial charge in [0, 0.05) is 48.4 Å². The number of unbranched alkanes of at least 4 members (excludes halogenated alkanes) is 5. The average Bonchev–Trinajstić information content (AvgIpc) is 2.92. The molecule has 38 heavy (non-hydrogen) atoms. The van der Waals surface area contributed by atoms with E-state index in [1.54, 1.807) is 48.5 Å². The van der Waals surface area contributed by atoms with Gasteiger partial charge in [-0.3, -0.25) is 19.2 Å². The Kier molecular flexibility index (Phi) is 14.2. The highest BCUT2D eigenvalue weighted by atomic mass is 16.2. The second kappa shape index (κ2) is 17.7. The fraction of sp³-hybridized carbons (Fsp3) is 0.467. The summed E-state index contributed by atoms with van der Waals surface area (Å²) in [5, 5.41) is 11.4. The zero-order valence-corrected chi connectivity index (χ0v) is 22.7. The summed E-state index contributed by atoms with van der Waals surface area (Å²) in [5.74, 6) is -0.387. The summed E-state index contributed by atoms with van der Waals surface area (Å²) in [7, 11) is 0. The topological polar surface area (TPSA) is 116 Å². The van der Waals surface area contributed by atoms with E-state index in [9.17, 15) is 19.2 Å². The molecule has 0 atom stereocenters. The molecule has 0 spiro atoms. The van der Waals surface area contributed by atoms with Crippen LogP contribution in [0.25, 0.3) is 0 Å². The Morgan fingerprint density at radius 1 is 0.579 bits per heavy atom. The van der Waals surface area contributed by atoms with Crippen molar-refractivity contribution in [3.8, 4) is 0 Å². The van der Waals surface area contributed by atoms with Crippen molar-refractivity contribution in [2.75, 3.05) is 23.7 Å². The van der Waals surface area contributed by atoms with Crippen LogP contribution in [-0.4, -0.2) is 36.7 Å². The first kappa shape index (κ1) is 30.5. The molecule has 0 heterocycles. The van der Waals surface area contributed by atoms with Gasteiger partial charge in [-0.1, -0.05) is 51.7 Å². The Morgan fingerprint density at radius 3 is 1.37 bits per heavy atom. The molecule has 0 fully saturated rings. The Balaban J connectivity index is 1.56. The normalized spacial score (nSPS) is 10.5. The molecule has 8 nitrogen and oxygen atoms in total. The van der Waals surface area contributed by atoms with E-state index >= 15 is 0 Å². The van der Waals surface area contributed by atoms with Gasteiger partial charge in [-0.15, -0.1) is 0 Å². The minimum absolute atomic E-state index is 0.0558. The average molecular weight is 523 g/mol. The lowest BCUT2D eigenvalue weighted by Gasteiger charge is -2.08. The molecule has 0 unspecified atom stereocenters. The van der Waals surface area contributed by atoms with Crippen LogP contribution in [0.15, 0.2) is 48.5 Å². The number of nitrogens with one attached hydrogen (secondary N) is 4. The third-order valence-corrected chi connectivity index (χ3v) is 5.95. The molecule has 2 aromatic carbocycles. The monoisotopic (exact) mass is 522 g/mol. The van der Waals surface area contributed by atoms with Gasteiger partial charge in [0.25, 0.3) is 11.8 Å². The van der Waals surface area contributed by atoms with Crippen molar-refractivity contribution >= 4 is 35.0 Å². The quantitative estimate of drug-likeness (QED) is 0.200. The predicted octanol–water partition coefficient (Wildman–Crippen LogP) is 5.66. The minimum Gasteiger partial charge on any atom is -0.352 e. The van der Waals surface area contributed by atoms with E-state index in [1.165, 1.54) is 0 Å². The smallest absolute Gasteiger partial charge is 0.251 e. The minimum atomic E-state index is -0.138. The van der Waals surface area contributed by atoms with Gasteiger partial charge in [-0.05, 0) is 62.1 Å². The second-order valence-corrected chi connectivity index (χ2v) is 9.39. The van der Waals surface area contributed by atoms with E-state index in [0.29, 0.717) is 48.4 Å². The molecule has 2 aromatic rings. The first-order valence-electron chi connectivity index (χ1n) is 13.8. The third kappa shape index (κ3) is 12.0. The molecule has 206 valence electrons. The largest absolute Gasteiger partial charge is 0.352 e. The van der Waals surface area contributed by atoms with E-state index in [4.69, 9.17) is 0 Å². The van der Waals surface area contributed by atoms with Gasteiger partial charge in [0.1, 0.15) is 0 Å². The van der Waals surface area contributed by atoms with Crippen LogP contribution < -0.4 is 21.3 Å². The molecule has 0 aliphatic rings. The lowest BCUT2D eigenvalue weighted by molar-refractivity contribution is -0.117. The van der Waals surface area contributed by atoms with Crippen LogP contribution in [0.5, 0.6) is 0 Å². The summed E-state index contributed by atoms with van der Waals surface area (Å²) in [5.41, 5.74) is 2.33. The Hall–Kier alpha value is -3.68. The van der Waals surface area contributed by atoms with Crippen molar-refractivity contribution in [1.29, 1.82) is 0 Å². The van der Waals surface area contributed by atoms with Gasteiger partial charge in [0.2, 0.25) is 11.8 Å². The van der Waals surface area contributed by atoms with Crippen molar-refractivity contribution in [1.82, 2.24) is 10.6 Å². The number of amides is 4. The molecule has 8 heteroatoms. The highest BCUT2D eigenvalue weighted by molar-refractivity contribution is 5.98.